The van der Waals surface area contributed by atoms with Crippen LogP contribution in [0.5, 0.6) is 0 Å². The van der Waals surface area contributed by atoms with Crippen LogP contribution in [0.1, 0.15) is 7.43 Å². The third-order valence-corrected chi connectivity index (χ3v) is 15.8. The van der Waals surface area contributed by atoms with Crippen LogP contribution in [0.3, 0.4) is 0 Å². The van der Waals surface area contributed by atoms with Gasteiger partial charge in [0.05, 0.1) is 0 Å². The Hall–Kier alpha value is -8.32. The van der Waals surface area contributed by atoms with Crippen LogP contribution < -0.4 is 0 Å². The third-order valence-electron chi connectivity index (χ3n) is 15.8. The Kier molecular flexibility index (Phi) is 6.12. The predicted molar refractivity (Wildman–Crippen MR) is 283 cm³/mol. The van der Waals surface area contributed by atoms with E-state index in [1.807, 2.05) is 0 Å². The molecule has 0 spiro atoms. The first kappa shape index (κ1) is 34.2. The van der Waals surface area contributed by atoms with Crippen molar-refractivity contribution in [2.75, 3.05) is 0 Å². The second-order valence-electron chi connectivity index (χ2n) is 18.5. The maximum absolute atomic E-state index is 2.58. The normalized spacial score (nSPS) is 12.8. The summed E-state index contributed by atoms with van der Waals surface area (Å²) < 4.78 is 0. The Balaban J connectivity index is 0.00000376. The van der Waals surface area contributed by atoms with Gasteiger partial charge in [0.15, 0.2) is 0 Å². The van der Waals surface area contributed by atoms with Gasteiger partial charge < -0.3 is 0 Å². The van der Waals surface area contributed by atoms with Gasteiger partial charge >= 0.3 is 0 Å². The lowest BCUT2D eigenvalue weighted by atomic mass is 9.87. The Morgan fingerprint density at radius 3 is 1.23 bits per heavy atom. The van der Waals surface area contributed by atoms with E-state index in [4.69, 9.17) is 0 Å². The number of hydrogen-bond donors (Lipinski definition) is 0. The van der Waals surface area contributed by atoms with E-state index in [1.54, 1.807) is 0 Å². The van der Waals surface area contributed by atoms with Crippen molar-refractivity contribution in [3.05, 3.63) is 194 Å². The Morgan fingerprint density at radius 2 is 0.554 bits per heavy atom. The molecular formula is C65H36. The molecule has 17 rings (SSSR count). The second kappa shape index (κ2) is 11.6. The summed E-state index contributed by atoms with van der Waals surface area (Å²) >= 11 is 0. The van der Waals surface area contributed by atoms with E-state index in [1.165, 1.54) is 174 Å². The third kappa shape index (κ3) is 3.83. The molecule has 0 N–H and O–H groups in total. The smallest absolute Gasteiger partial charge is 0.000674 e. The van der Waals surface area contributed by atoms with Crippen LogP contribution in [0.4, 0.5) is 0 Å². The molecule has 16 aromatic rings. The topological polar surface area (TPSA) is 0 Å². The fraction of sp³-hybridized carbons (Fsp3) is 0.0154. The van der Waals surface area contributed by atoms with Crippen molar-refractivity contribution < 1.29 is 0 Å². The van der Waals surface area contributed by atoms with Gasteiger partial charge in [-0.05, 0) is 180 Å². The van der Waals surface area contributed by atoms with Crippen LogP contribution >= 0.6 is 0 Å². The maximum atomic E-state index is 2.58. The van der Waals surface area contributed by atoms with Gasteiger partial charge in [-0.1, -0.05) is 195 Å². The van der Waals surface area contributed by atoms with Crippen LogP contribution in [0, 0.1) is 0 Å². The van der Waals surface area contributed by atoms with Crippen LogP contribution in [-0.4, -0.2) is 0 Å². The zero-order chi connectivity index (χ0) is 41.1. The zero-order valence-corrected chi connectivity index (χ0v) is 34.5. The maximum Gasteiger partial charge on any atom is -0.000674 e. The molecule has 0 bridgehead atoms. The summed E-state index contributed by atoms with van der Waals surface area (Å²) in [4.78, 5) is 0. The number of rotatable bonds is 2. The van der Waals surface area contributed by atoms with Crippen molar-refractivity contribution >= 4 is 129 Å². The molecule has 65 heavy (non-hydrogen) atoms. The summed E-state index contributed by atoms with van der Waals surface area (Å²) in [6.45, 7) is 0. The largest absolute Gasteiger partial charge is 0.0776 e. The molecule has 0 atom stereocenters. The van der Waals surface area contributed by atoms with Crippen molar-refractivity contribution in [1.29, 1.82) is 0 Å². The fourth-order valence-electron chi connectivity index (χ4n) is 13.5. The lowest BCUT2D eigenvalue weighted by Crippen LogP contribution is -1.88. The van der Waals surface area contributed by atoms with E-state index in [9.17, 15) is 0 Å². The average Bonchev–Trinajstić information content (AvgIpc) is 4.08. The number of hydrogen-bond acceptors (Lipinski definition) is 0. The summed E-state index contributed by atoms with van der Waals surface area (Å²) in [6, 6.07) is 74.2. The van der Waals surface area contributed by atoms with E-state index in [-0.39, 0.29) is 7.43 Å². The molecule has 0 fully saturated rings. The van der Waals surface area contributed by atoms with Gasteiger partial charge in [0, 0.05) is 0 Å². The molecule has 0 unspecified atom stereocenters. The van der Waals surface area contributed by atoms with Gasteiger partial charge in [0.1, 0.15) is 0 Å². The van der Waals surface area contributed by atoms with Crippen molar-refractivity contribution in [2.45, 2.75) is 7.43 Å². The molecule has 0 aromatic heterocycles. The molecule has 16 aromatic carbocycles. The zero-order valence-electron chi connectivity index (χ0n) is 34.5. The molecular weight excluding hydrogens is 781 g/mol. The Labute approximate surface area is 373 Å². The van der Waals surface area contributed by atoms with E-state index in [2.05, 4.69) is 194 Å². The monoisotopic (exact) mass is 816 g/mol. The van der Waals surface area contributed by atoms with E-state index >= 15 is 0 Å². The summed E-state index contributed by atoms with van der Waals surface area (Å²) in [6.07, 6.45) is 0. The molecule has 1 aliphatic carbocycles. The highest BCUT2D eigenvalue weighted by atomic mass is 14.3. The highest BCUT2D eigenvalue weighted by molar-refractivity contribution is 6.54. The van der Waals surface area contributed by atoms with Crippen molar-refractivity contribution in [2.24, 2.45) is 0 Å². The van der Waals surface area contributed by atoms with Gasteiger partial charge in [-0.3, -0.25) is 0 Å². The molecule has 0 aliphatic heterocycles. The summed E-state index contributed by atoms with van der Waals surface area (Å²) in [7, 11) is 0. The molecule has 0 saturated heterocycles. The first-order chi connectivity index (χ1) is 31.8. The molecule has 1 aliphatic rings. The predicted octanol–water partition coefficient (Wildman–Crippen LogP) is 18.9. The summed E-state index contributed by atoms with van der Waals surface area (Å²) in [5.74, 6) is 0. The fourth-order valence-corrected chi connectivity index (χ4v) is 13.5. The molecule has 0 heteroatoms. The lowest BCUT2D eigenvalue weighted by Gasteiger charge is -2.16. The molecule has 0 saturated carbocycles. The van der Waals surface area contributed by atoms with Gasteiger partial charge in [0.2, 0.25) is 0 Å². The minimum atomic E-state index is 0. The van der Waals surface area contributed by atoms with Crippen LogP contribution in [0.15, 0.2) is 194 Å². The highest BCUT2D eigenvalue weighted by Crippen LogP contribution is 2.59. The minimum Gasteiger partial charge on any atom is -0.0776 e. The van der Waals surface area contributed by atoms with Crippen molar-refractivity contribution in [3.63, 3.8) is 0 Å². The number of fused-ring (bicyclic) bond motifs is 16. The Bertz CT molecular complexity index is 4650. The molecule has 296 valence electrons. The van der Waals surface area contributed by atoms with Crippen LogP contribution in [-0.2, 0) is 0 Å². The molecule has 0 heterocycles. The van der Waals surface area contributed by atoms with E-state index in [0.717, 1.165) is 0 Å². The first-order valence-corrected chi connectivity index (χ1v) is 22.6. The highest BCUT2D eigenvalue weighted by Gasteiger charge is 2.30. The second-order valence-corrected chi connectivity index (χ2v) is 18.5. The van der Waals surface area contributed by atoms with Crippen LogP contribution in [0.2, 0.25) is 0 Å². The summed E-state index contributed by atoms with van der Waals surface area (Å²) in [5, 5.41) is 32.6. The number of benzene rings is 13. The molecule has 0 radical (unpaired) electrons. The van der Waals surface area contributed by atoms with Gasteiger partial charge in [0.25, 0.3) is 0 Å². The quantitative estimate of drug-likeness (QED) is 0.120. The average molecular weight is 817 g/mol. The van der Waals surface area contributed by atoms with Gasteiger partial charge in [-0.15, -0.1) is 0 Å². The minimum absolute atomic E-state index is 0. The van der Waals surface area contributed by atoms with Gasteiger partial charge in [-0.25, -0.2) is 0 Å². The SMILES string of the molecule is C.c1ccc(-c2ccc3c4c2cccc4c2cc4c(-c5ccccc5)c5c6ccc7c8ccc9c%10c(ccc(c%11ccc(c6c7%11)c5c5c6ccccc6c(c23)c45)c%108)-c2ccccc2-9)cc1. The standard InChI is InChI=1S/C64H32.CH4/c1-3-12-33(13-4-1)35-22-29-48-54-38(35)20-11-21-41(54)51-32-52-53(34-14-5-2-6-15-34)62-49-30-27-46-44-25-23-42-36-16-7-8-17-37(36)43-24-26-45(56(44)55(42)43)47-28-31-50(58(49)57(46)47)63(62)61-40-19-10-9-18-39(40)60(59(48)51)64(52)61;/h1-32H;1H4. The van der Waals surface area contributed by atoms with Gasteiger partial charge in [-0.2, -0.15) is 0 Å². The summed E-state index contributed by atoms with van der Waals surface area (Å²) in [5.41, 5.74) is 10.5. The Morgan fingerprint density at radius 1 is 0.169 bits per heavy atom. The van der Waals surface area contributed by atoms with Crippen LogP contribution in [0.25, 0.3) is 174 Å². The van der Waals surface area contributed by atoms with E-state index in [0.29, 0.717) is 0 Å². The molecule has 0 amide bonds. The molecule has 0 nitrogen and oxygen atoms in total. The van der Waals surface area contributed by atoms with Crippen molar-refractivity contribution in [3.8, 4) is 44.5 Å². The first-order valence-electron chi connectivity index (χ1n) is 22.6. The van der Waals surface area contributed by atoms with Crippen molar-refractivity contribution in [1.82, 2.24) is 0 Å². The van der Waals surface area contributed by atoms with E-state index < -0.39 is 0 Å². The lowest BCUT2D eigenvalue weighted by molar-refractivity contribution is 1.67.